The lowest BCUT2D eigenvalue weighted by atomic mass is 10.0. The lowest BCUT2D eigenvalue weighted by Gasteiger charge is -2.39. The largest absolute Gasteiger partial charge is 0.428 e. The number of nitrogens with one attached hydrogen (secondary N) is 1. The van der Waals surface area contributed by atoms with Gasteiger partial charge in [-0.25, -0.2) is 13.9 Å². The van der Waals surface area contributed by atoms with E-state index in [9.17, 15) is 37.4 Å². The fraction of sp³-hybridized carbons (Fsp3) is 0.462. The Morgan fingerprint density at radius 2 is 1.88 bits per heavy atom. The second-order valence-electron chi connectivity index (χ2n) is 10.7. The summed E-state index contributed by atoms with van der Waals surface area (Å²) in [5.74, 6) is -1.01. The molecular weight excluding hydrogens is 550 g/mol. The summed E-state index contributed by atoms with van der Waals surface area (Å²) < 4.78 is 55.2. The molecule has 1 fully saturated rings. The normalized spacial score (nSPS) is 18.1. The van der Waals surface area contributed by atoms with E-state index in [1.54, 1.807) is 23.2 Å². The van der Waals surface area contributed by atoms with Gasteiger partial charge in [0.15, 0.2) is 5.65 Å². The van der Waals surface area contributed by atoms with E-state index in [0.29, 0.717) is 22.6 Å². The molecule has 1 saturated heterocycles. The number of carbonyl (C=O) groups excluding carboxylic acids is 2. The number of hydrogen-bond donors (Lipinski definition) is 3. The zero-order valence-corrected chi connectivity index (χ0v) is 22.3. The minimum Gasteiger partial charge on any atom is -0.387 e. The summed E-state index contributed by atoms with van der Waals surface area (Å²) >= 11 is 0. The number of fused-ring (bicyclic) bond motifs is 2. The van der Waals surface area contributed by atoms with E-state index in [2.05, 4.69) is 15.4 Å². The van der Waals surface area contributed by atoms with Crippen molar-refractivity contribution in [2.45, 2.75) is 44.6 Å². The first-order valence-electron chi connectivity index (χ1n) is 12.9. The molecule has 220 valence electrons. The molecule has 3 N–H and O–H groups in total. The highest BCUT2D eigenvalue weighted by Crippen LogP contribution is 2.36. The minimum atomic E-state index is -4.80. The molecule has 15 heteroatoms. The van der Waals surface area contributed by atoms with Gasteiger partial charge in [0.25, 0.3) is 11.8 Å². The molecule has 4 heterocycles. The molecule has 2 aromatic heterocycles. The number of halogens is 4. The van der Waals surface area contributed by atoms with Crippen LogP contribution in [-0.2, 0) is 6.54 Å². The molecular formula is C26H29F4N7O4. The third-order valence-electron chi connectivity index (χ3n) is 7.31. The van der Waals surface area contributed by atoms with Crippen LogP contribution in [0, 0.1) is 0 Å². The first-order chi connectivity index (χ1) is 19.2. The molecule has 0 bridgehead atoms. The fourth-order valence-electron chi connectivity index (χ4n) is 4.93. The summed E-state index contributed by atoms with van der Waals surface area (Å²) in [7, 11) is 0. The molecule has 0 spiro atoms. The topological polar surface area (TPSA) is 127 Å². The minimum absolute atomic E-state index is 0.0393. The molecule has 0 saturated carbocycles. The van der Waals surface area contributed by atoms with E-state index >= 15 is 0 Å². The van der Waals surface area contributed by atoms with Crippen LogP contribution in [0.5, 0.6) is 0 Å². The quantitative estimate of drug-likeness (QED) is 0.363. The van der Waals surface area contributed by atoms with Crippen molar-refractivity contribution in [3.63, 3.8) is 0 Å². The lowest BCUT2D eigenvalue weighted by molar-refractivity contribution is -0.250. The lowest BCUT2D eigenvalue weighted by Crippen LogP contribution is -2.55. The number of alkyl halides is 4. The fourth-order valence-corrected chi connectivity index (χ4v) is 4.93. The number of anilines is 2. The van der Waals surface area contributed by atoms with Gasteiger partial charge in [-0.05, 0) is 37.6 Å². The number of amides is 2. The molecule has 2 aliphatic rings. The molecule has 0 unspecified atom stereocenters. The number of rotatable bonds is 7. The van der Waals surface area contributed by atoms with Crippen molar-refractivity contribution < 1.29 is 37.4 Å². The van der Waals surface area contributed by atoms with Crippen molar-refractivity contribution >= 4 is 28.8 Å². The van der Waals surface area contributed by atoms with Crippen LogP contribution in [0.1, 0.15) is 40.1 Å². The monoisotopic (exact) mass is 579 g/mol. The number of benzene rings is 1. The molecule has 5 rings (SSSR count). The Balaban J connectivity index is 1.45. The Kier molecular flexibility index (Phi) is 7.38. The summed E-state index contributed by atoms with van der Waals surface area (Å²) in [5, 5.41) is 26.6. The average Bonchev–Trinajstić information content (AvgIpc) is 3.48. The van der Waals surface area contributed by atoms with Gasteiger partial charge in [0.2, 0.25) is 6.23 Å². The molecule has 11 nitrogen and oxygen atoms in total. The highest BCUT2D eigenvalue weighted by atomic mass is 19.4. The smallest absolute Gasteiger partial charge is 0.387 e. The van der Waals surface area contributed by atoms with Crippen LogP contribution >= 0.6 is 0 Å². The Morgan fingerprint density at radius 1 is 1.17 bits per heavy atom. The van der Waals surface area contributed by atoms with Crippen LogP contribution in [0.25, 0.3) is 5.65 Å². The highest BCUT2D eigenvalue weighted by molar-refractivity contribution is 6.10. The average molecular weight is 580 g/mol. The van der Waals surface area contributed by atoms with Gasteiger partial charge in [-0.3, -0.25) is 14.5 Å². The van der Waals surface area contributed by atoms with E-state index in [1.165, 1.54) is 41.7 Å². The Morgan fingerprint density at radius 3 is 2.54 bits per heavy atom. The Bertz CT molecular complexity index is 1460. The molecule has 2 amide bonds. The van der Waals surface area contributed by atoms with E-state index in [-0.39, 0.29) is 50.4 Å². The number of aliphatic hydroxyl groups excluding tert-OH is 1. The van der Waals surface area contributed by atoms with Crippen molar-refractivity contribution in [1.29, 1.82) is 0 Å². The molecule has 41 heavy (non-hydrogen) atoms. The number of piperazine rings is 1. The summed E-state index contributed by atoms with van der Waals surface area (Å²) in [6.45, 7) is 2.18. The van der Waals surface area contributed by atoms with Crippen LogP contribution < -0.4 is 10.2 Å². The van der Waals surface area contributed by atoms with Crippen LogP contribution in [0.3, 0.4) is 0 Å². The van der Waals surface area contributed by atoms with Crippen LogP contribution in [0.2, 0.25) is 0 Å². The van der Waals surface area contributed by atoms with Crippen LogP contribution in [0.4, 0.5) is 28.9 Å². The number of aliphatic hydroxyl groups is 2. The van der Waals surface area contributed by atoms with E-state index in [4.69, 9.17) is 0 Å². The zero-order chi connectivity index (χ0) is 29.7. The number of nitrogens with zero attached hydrogens (tertiary/aromatic N) is 6. The number of hydrogen-bond acceptors (Lipinski definition) is 8. The Hall–Kier alpha value is -3.82. The molecule has 0 aliphatic carbocycles. The van der Waals surface area contributed by atoms with Gasteiger partial charge in [0.1, 0.15) is 11.7 Å². The van der Waals surface area contributed by atoms with E-state index in [0.717, 1.165) is 4.90 Å². The summed E-state index contributed by atoms with van der Waals surface area (Å²) in [5.41, 5.74) is 0.280. The molecule has 1 aromatic carbocycles. The van der Waals surface area contributed by atoms with Gasteiger partial charge >= 0.3 is 6.18 Å². The summed E-state index contributed by atoms with van der Waals surface area (Å²) in [4.78, 5) is 34.6. The van der Waals surface area contributed by atoms with Crippen LogP contribution in [-0.4, -0.2) is 103 Å². The molecule has 3 aromatic rings. The van der Waals surface area contributed by atoms with Crippen molar-refractivity contribution in [3.8, 4) is 0 Å². The second-order valence-corrected chi connectivity index (χ2v) is 10.7. The van der Waals surface area contributed by atoms with Gasteiger partial charge in [0, 0.05) is 50.7 Å². The number of aromatic nitrogens is 3. The zero-order valence-electron chi connectivity index (χ0n) is 22.3. The standard InChI is InChI=1S/C26H29F4N7O4/c1-25(2,41)20(27)14-36-13-15-10-18(33-22(38)17-12-32-37-5-3-4-31-21(17)37)19(11-16(15)23(36)39)34-6-8-35(9-7-34)24(40)26(28,29)30/h3-5,10-12,20,24,40-41H,6-9,13-14H2,1-2H3,(H,33,38)/t20-,24+/m1/s1. The first-order valence-corrected chi connectivity index (χ1v) is 12.9. The molecule has 0 radical (unpaired) electrons. The SMILES string of the molecule is CC(C)(O)[C@H](F)CN1Cc2cc(NC(=O)c3cnn4cccnc34)c(N3CCN([C@@H](O)C(F)(F)F)CC3)cc2C1=O. The maximum atomic E-state index is 14.6. The molecule has 2 aliphatic heterocycles. The predicted molar refractivity (Wildman–Crippen MR) is 139 cm³/mol. The van der Waals surface area contributed by atoms with Gasteiger partial charge in [-0.15, -0.1) is 0 Å². The molecule has 2 atom stereocenters. The van der Waals surface area contributed by atoms with Crippen molar-refractivity contribution in [2.24, 2.45) is 0 Å². The van der Waals surface area contributed by atoms with Gasteiger partial charge in [-0.1, -0.05) is 0 Å². The third-order valence-corrected chi connectivity index (χ3v) is 7.31. The maximum Gasteiger partial charge on any atom is 0.428 e. The predicted octanol–water partition coefficient (Wildman–Crippen LogP) is 2.05. The van der Waals surface area contributed by atoms with Crippen molar-refractivity contribution in [3.05, 3.63) is 53.5 Å². The van der Waals surface area contributed by atoms with Gasteiger partial charge in [0.05, 0.1) is 29.7 Å². The van der Waals surface area contributed by atoms with Crippen LogP contribution in [0.15, 0.2) is 36.8 Å². The maximum absolute atomic E-state index is 14.6. The van der Waals surface area contributed by atoms with E-state index < -0.39 is 36.0 Å². The second kappa shape index (κ2) is 10.5. The highest BCUT2D eigenvalue weighted by Gasteiger charge is 2.43. The summed E-state index contributed by atoms with van der Waals surface area (Å²) in [6.07, 6.45) is -4.63. The summed E-state index contributed by atoms with van der Waals surface area (Å²) in [6, 6.07) is 4.78. The van der Waals surface area contributed by atoms with Gasteiger partial charge < -0.3 is 25.3 Å². The van der Waals surface area contributed by atoms with E-state index in [1.807, 2.05) is 0 Å². The number of carbonyl (C=O) groups is 2. The Labute approximate surface area is 232 Å². The third kappa shape index (κ3) is 5.69. The first kappa shape index (κ1) is 28.7. The van der Waals surface area contributed by atoms with Gasteiger partial charge in [-0.2, -0.15) is 18.3 Å². The van der Waals surface area contributed by atoms with Crippen molar-refractivity contribution in [2.75, 3.05) is 42.9 Å². The van der Waals surface area contributed by atoms with Crippen molar-refractivity contribution in [1.82, 2.24) is 24.4 Å².